The maximum absolute atomic E-state index is 12.4. The number of anilines is 3. The van der Waals surface area contributed by atoms with Gasteiger partial charge in [-0.15, -0.1) is 0 Å². The zero-order chi connectivity index (χ0) is 24.9. The van der Waals surface area contributed by atoms with Crippen LogP contribution in [0.25, 0.3) is 22.2 Å². The third kappa shape index (κ3) is 5.34. The molecule has 0 spiro atoms. The standard InChI is InChI=1S/C28H26FN5O2/c1-2-26(35)30-21-7-5-6-19(16-21)27-24-8-3-4-9-25(24)32-28(33-27)31-20-10-12-22(13-11-20)36-23-17-34(18-23)15-14-29/h2-13,16,23H,1,14-15,17-18H2,(H,30,35)(H,31,32,33). The van der Waals surface area contributed by atoms with Crippen LogP contribution in [0.4, 0.5) is 21.7 Å². The number of ether oxygens (including phenoxy) is 1. The number of carbonyl (C=O) groups excluding carboxylic acids is 1. The van der Waals surface area contributed by atoms with Gasteiger partial charge in [-0.25, -0.2) is 14.4 Å². The molecule has 0 saturated carbocycles. The van der Waals surface area contributed by atoms with Gasteiger partial charge in [-0.05, 0) is 48.5 Å². The maximum Gasteiger partial charge on any atom is 0.247 e. The number of benzene rings is 3. The van der Waals surface area contributed by atoms with Gasteiger partial charge in [0.05, 0.1) is 11.2 Å². The van der Waals surface area contributed by atoms with Crippen molar-refractivity contribution in [2.45, 2.75) is 6.10 Å². The Labute approximate surface area is 208 Å². The summed E-state index contributed by atoms with van der Waals surface area (Å²) >= 11 is 0. The number of fused-ring (bicyclic) bond motifs is 1. The predicted molar refractivity (Wildman–Crippen MR) is 140 cm³/mol. The van der Waals surface area contributed by atoms with E-state index in [4.69, 9.17) is 9.72 Å². The Bertz CT molecular complexity index is 1390. The molecule has 0 unspecified atom stereocenters. The van der Waals surface area contributed by atoms with Gasteiger partial charge >= 0.3 is 0 Å². The first-order valence-corrected chi connectivity index (χ1v) is 11.7. The molecule has 4 aromatic rings. The van der Waals surface area contributed by atoms with Gasteiger partial charge in [0, 0.05) is 42.0 Å². The molecule has 0 atom stereocenters. The number of hydrogen-bond donors (Lipinski definition) is 2. The number of amides is 1. The number of likely N-dealkylation sites (tertiary alicyclic amines) is 1. The minimum absolute atomic E-state index is 0.0914. The molecule has 36 heavy (non-hydrogen) atoms. The van der Waals surface area contributed by atoms with Crippen molar-refractivity contribution >= 4 is 34.1 Å². The Balaban J connectivity index is 1.36. The van der Waals surface area contributed by atoms with E-state index in [0.717, 1.165) is 46.7 Å². The van der Waals surface area contributed by atoms with Gasteiger partial charge in [-0.3, -0.25) is 9.69 Å². The Morgan fingerprint density at radius 3 is 2.64 bits per heavy atom. The molecule has 8 heteroatoms. The summed E-state index contributed by atoms with van der Waals surface area (Å²) in [5, 5.41) is 6.98. The van der Waals surface area contributed by atoms with E-state index < -0.39 is 0 Å². The summed E-state index contributed by atoms with van der Waals surface area (Å²) in [6, 6.07) is 22.9. The lowest BCUT2D eigenvalue weighted by atomic mass is 10.1. The van der Waals surface area contributed by atoms with Crippen molar-refractivity contribution in [3.8, 4) is 17.0 Å². The molecule has 3 aromatic carbocycles. The van der Waals surface area contributed by atoms with Gasteiger partial charge in [-0.2, -0.15) is 0 Å². The Kier molecular flexibility index (Phi) is 6.86. The fourth-order valence-electron chi connectivity index (χ4n) is 4.13. The van der Waals surface area contributed by atoms with Crippen LogP contribution >= 0.6 is 0 Å². The first-order valence-electron chi connectivity index (χ1n) is 11.7. The van der Waals surface area contributed by atoms with Crippen LogP contribution in [0.2, 0.25) is 0 Å². The fraction of sp³-hybridized carbons (Fsp3) is 0.179. The predicted octanol–water partition coefficient (Wildman–Crippen LogP) is 5.20. The van der Waals surface area contributed by atoms with Crippen LogP contribution in [0.5, 0.6) is 5.75 Å². The van der Waals surface area contributed by atoms with Gasteiger partial charge in [0.1, 0.15) is 18.5 Å². The smallest absolute Gasteiger partial charge is 0.247 e. The van der Waals surface area contributed by atoms with Crippen molar-refractivity contribution in [1.82, 2.24) is 14.9 Å². The fourth-order valence-corrected chi connectivity index (χ4v) is 4.13. The second-order valence-electron chi connectivity index (χ2n) is 8.52. The molecule has 0 bridgehead atoms. The lowest BCUT2D eigenvalue weighted by Crippen LogP contribution is -2.54. The summed E-state index contributed by atoms with van der Waals surface area (Å²) in [6.07, 6.45) is 1.33. The number of hydrogen-bond acceptors (Lipinski definition) is 6. The van der Waals surface area contributed by atoms with Gasteiger partial charge in [0.2, 0.25) is 11.9 Å². The molecule has 7 nitrogen and oxygen atoms in total. The van der Waals surface area contributed by atoms with Crippen molar-refractivity contribution < 1.29 is 13.9 Å². The quantitative estimate of drug-likeness (QED) is 0.319. The zero-order valence-corrected chi connectivity index (χ0v) is 19.7. The third-order valence-corrected chi connectivity index (χ3v) is 5.93. The van der Waals surface area contributed by atoms with E-state index in [1.807, 2.05) is 77.7 Å². The Morgan fingerprint density at radius 1 is 1.06 bits per heavy atom. The molecular weight excluding hydrogens is 457 g/mol. The summed E-state index contributed by atoms with van der Waals surface area (Å²) in [7, 11) is 0. The van der Waals surface area contributed by atoms with E-state index in [0.29, 0.717) is 18.2 Å². The number of carbonyl (C=O) groups is 1. The number of nitrogens with one attached hydrogen (secondary N) is 2. The highest BCUT2D eigenvalue weighted by Gasteiger charge is 2.27. The molecule has 1 aromatic heterocycles. The van der Waals surface area contributed by atoms with Crippen molar-refractivity contribution in [2.75, 3.05) is 36.9 Å². The molecule has 5 rings (SSSR count). The highest BCUT2D eigenvalue weighted by atomic mass is 19.1. The van der Waals surface area contributed by atoms with Crippen LogP contribution in [0.3, 0.4) is 0 Å². The number of aromatic nitrogens is 2. The molecule has 1 aliphatic rings. The van der Waals surface area contributed by atoms with Crippen molar-refractivity contribution in [3.05, 3.63) is 85.5 Å². The molecular formula is C28H26FN5O2. The molecule has 2 N–H and O–H groups in total. The van der Waals surface area contributed by atoms with Crippen LogP contribution in [0, 0.1) is 0 Å². The SMILES string of the molecule is C=CC(=O)Nc1cccc(-c2nc(Nc3ccc(OC4CN(CCF)C4)cc3)nc3ccccc23)c1. The summed E-state index contributed by atoms with van der Waals surface area (Å²) < 4.78 is 18.4. The van der Waals surface area contributed by atoms with E-state index in [2.05, 4.69) is 22.2 Å². The Morgan fingerprint density at radius 2 is 1.86 bits per heavy atom. The van der Waals surface area contributed by atoms with Gasteiger partial charge in [0.25, 0.3) is 0 Å². The Hall–Kier alpha value is -4.30. The average Bonchev–Trinajstić information content (AvgIpc) is 2.88. The van der Waals surface area contributed by atoms with Crippen LogP contribution in [0.1, 0.15) is 0 Å². The summed E-state index contributed by atoms with van der Waals surface area (Å²) in [6.45, 7) is 5.13. The molecule has 1 fully saturated rings. The van der Waals surface area contributed by atoms with Crippen molar-refractivity contribution in [1.29, 1.82) is 0 Å². The largest absolute Gasteiger partial charge is 0.488 e. The number of alkyl halides is 1. The van der Waals surface area contributed by atoms with Crippen molar-refractivity contribution in [3.63, 3.8) is 0 Å². The minimum Gasteiger partial charge on any atom is -0.488 e. The lowest BCUT2D eigenvalue weighted by Gasteiger charge is -2.38. The monoisotopic (exact) mass is 483 g/mol. The zero-order valence-electron chi connectivity index (χ0n) is 19.7. The number of para-hydroxylation sites is 1. The number of nitrogens with zero attached hydrogens (tertiary/aromatic N) is 3. The van der Waals surface area contributed by atoms with E-state index in [1.165, 1.54) is 6.08 Å². The number of rotatable bonds is 9. The first kappa shape index (κ1) is 23.4. The lowest BCUT2D eigenvalue weighted by molar-refractivity contribution is -0.111. The minimum atomic E-state index is -0.330. The van der Waals surface area contributed by atoms with E-state index in [9.17, 15) is 9.18 Å². The average molecular weight is 484 g/mol. The van der Waals surface area contributed by atoms with Crippen molar-refractivity contribution in [2.24, 2.45) is 0 Å². The van der Waals surface area contributed by atoms with Gasteiger partial charge in [0.15, 0.2) is 0 Å². The van der Waals surface area contributed by atoms with Gasteiger partial charge in [-0.1, -0.05) is 36.9 Å². The second-order valence-corrected chi connectivity index (χ2v) is 8.52. The first-order chi connectivity index (χ1) is 17.6. The third-order valence-electron chi connectivity index (χ3n) is 5.93. The molecule has 1 amide bonds. The molecule has 2 heterocycles. The van der Waals surface area contributed by atoms with E-state index in [1.54, 1.807) is 0 Å². The van der Waals surface area contributed by atoms with Crippen LogP contribution in [0.15, 0.2) is 85.5 Å². The molecule has 1 saturated heterocycles. The van der Waals surface area contributed by atoms with E-state index >= 15 is 0 Å². The van der Waals surface area contributed by atoms with Crippen LogP contribution < -0.4 is 15.4 Å². The normalized spacial score (nSPS) is 13.7. The second kappa shape index (κ2) is 10.5. The topological polar surface area (TPSA) is 79.4 Å². The van der Waals surface area contributed by atoms with E-state index in [-0.39, 0.29) is 18.7 Å². The summed E-state index contributed by atoms with van der Waals surface area (Å²) in [5.41, 5.74) is 3.88. The highest BCUT2D eigenvalue weighted by molar-refractivity contribution is 6.00. The van der Waals surface area contributed by atoms with Crippen LogP contribution in [-0.4, -0.2) is 53.2 Å². The summed E-state index contributed by atoms with van der Waals surface area (Å²) in [5.74, 6) is 0.951. The summed E-state index contributed by atoms with van der Waals surface area (Å²) in [4.78, 5) is 23.3. The maximum atomic E-state index is 12.4. The molecule has 0 radical (unpaired) electrons. The molecule has 1 aliphatic heterocycles. The van der Waals surface area contributed by atoms with Gasteiger partial charge < -0.3 is 15.4 Å². The number of halogens is 1. The molecule has 0 aliphatic carbocycles. The highest BCUT2D eigenvalue weighted by Crippen LogP contribution is 2.30. The van der Waals surface area contributed by atoms with Crippen LogP contribution in [-0.2, 0) is 4.79 Å². The molecule has 182 valence electrons.